The first-order valence-corrected chi connectivity index (χ1v) is 7.26. The second kappa shape index (κ2) is 5.52. The van der Waals surface area contributed by atoms with Gasteiger partial charge in [-0.25, -0.2) is 4.98 Å². The fourth-order valence-electron chi connectivity index (χ4n) is 1.80. The Morgan fingerprint density at radius 1 is 1.25 bits per heavy atom. The first-order chi connectivity index (χ1) is 9.78. The molecule has 0 aliphatic rings. The Kier molecular flexibility index (Phi) is 3.58. The minimum Gasteiger partial charge on any atom is -0.312 e. The lowest BCUT2D eigenvalue weighted by Gasteiger charge is -2.04. The maximum absolute atomic E-state index is 4.60. The molecule has 0 amide bonds. The number of para-hydroxylation sites is 1. The monoisotopic (exact) mass is 285 g/mol. The van der Waals surface area contributed by atoms with Crippen LogP contribution in [0.4, 0.5) is 0 Å². The molecule has 0 aliphatic carbocycles. The van der Waals surface area contributed by atoms with Crippen molar-refractivity contribution in [3.05, 3.63) is 47.6 Å². The van der Waals surface area contributed by atoms with E-state index < -0.39 is 0 Å². The number of hydrogen-bond acceptors (Lipinski definition) is 5. The molecule has 3 rings (SSSR count). The van der Waals surface area contributed by atoms with Crippen LogP contribution in [0.3, 0.4) is 0 Å². The summed E-state index contributed by atoms with van der Waals surface area (Å²) in [7, 11) is 1.93. The molecule has 3 aromatic rings. The molecule has 5 nitrogen and oxygen atoms in total. The van der Waals surface area contributed by atoms with Crippen LogP contribution in [0, 0.1) is 0 Å². The third kappa shape index (κ3) is 2.48. The van der Waals surface area contributed by atoms with Crippen molar-refractivity contribution in [1.82, 2.24) is 25.3 Å². The molecule has 1 N–H and O–H groups in total. The summed E-state index contributed by atoms with van der Waals surface area (Å²) in [6.07, 6.45) is 1.75. The summed E-state index contributed by atoms with van der Waals surface area (Å²) in [6, 6.07) is 10.1. The van der Waals surface area contributed by atoms with E-state index in [1.165, 1.54) is 0 Å². The molecule has 0 saturated carbocycles. The Morgan fingerprint density at radius 3 is 2.80 bits per heavy atom. The number of hydrogen-bond donors (Lipinski definition) is 1. The molecule has 0 fully saturated rings. The number of thiazole rings is 1. The number of benzene rings is 1. The van der Waals surface area contributed by atoms with Crippen molar-refractivity contribution in [3.63, 3.8) is 0 Å². The zero-order valence-electron chi connectivity index (χ0n) is 11.3. The van der Waals surface area contributed by atoms with Gasteiger partial charge in [0.1, 0.15) is 10.7 Å². The standard InChI is InChI=1S/C14H15N5S/c1-10(15-2)13-9-20-14(17-13)12-8-16-19(18-12)11-6-4-3-5-7-11/h3-10,15H,1-2H3. The van der Waals surface area contributed by atoms with Gasteiger partial charge in [-0.15, -0.1) is 16.4 Å². The van der Waals surface area contributed by atoms with Crippen molar-refractivity contribution < 1.29 is 0 Å². The highest BCUT2D eigenvalue weighted by molar-refractivity contribution is 7.13. The maximum atomic E-state index is 4.60. The molecular formula is C14H15N5S. The Balaban J connectivity index is 1.89. The number of aromatic nitrogens is 4. The molecule has 1 aromatic carbocycles. The Labute approximate surface area is 121 Å². The number of nitrogens with one attached hydrogen (secondary N) is 1. The normalized spacial score (nSPS) is 12.5. The summed E-state index contributed by atoms with van der Waals surface area (Å²) >= 11 is 1.59. The van der Waals surface area contributed by atoms with E-state index in [0.717, 1.165) is 22.1 Å². The van der Waals surface area contributed by atoms with Gasteiger partial charge in [0.15, 0.2) is 0 Å². The van der Waals surface area contributed by atoms with Crippen molar-refractivity contribution in [3.8, 4) is 16.4 Å². The SMILES string of the molecule is CNC(C)c1csc(-c2cnn(-c3ccccc3)n2)n1. The Bertz CT molecular complexity index is 688. The number of nitrogens with zero attached hydrogens (tertiary/aromatic N) is 4. The van der Waals surface area contributed by atoms with Crippen LogP contribution in [0.1, 0.15) is 18.7 Å². The van der Waals surface area contributed by atoms with Gasteiger partial charge in [0.2, 0.25) is 0 Å². The first-order valence-electron chi connectivity index (χ1n) is 6.39. The van der Waals surface area contributed by atoms with Crippen LogP contribution in [0.5, 0.6) is 0 Å². The van der Waals surface area contributed by atoms with E-state index in [1.54, 1.807) is 22.3 Å². The highest BCUT2D eigenvalue weighted by Gasteiger charge is 2.12. The van der Waals surface area contributed by atoms with Crippen LogP contribution in [0.15, 0.2) is 41.9 Å². The minimum absolute atomic E-state index is 0.240. The molecule has 0 spiro atoms. The summed E-state index contributed by atoms with van der Waals surface area (Å²) < 4.78 is 0. The second-order valence-corrected chi connectivity index (χ2v) is 5.30. The van der Waals surface area contributed by atoms with Crippen molar-refractivity contribution in [2.24, 2.45) is 0 Å². The fraction of sp³-hybridized carbons (Fsp3) is 0.214. The third-order valence-electron chi connectivity index (χ3n) is 3.10. The molecule has 1 unspecified atom stereocenters. The number of rotatable bonds is 4. The van der Waals surface area contributed by atoms with Gasteiger partial charge < -0.3 is 5.32 Å². The summed E-state index contributed by atoms with van der Waals surface area (Å²) in [5.41, 5.74) is 2.77. The van der Waals surface area contributed by atoms with Gasteiger partial charge in [-0.1, -0.05) is 18.2 Å². The average Bonchev–Trinajstić information content (AvgIpc) is 3.16. The minimum atomic E-state index is 0.240. The van der Waals surface area contributed by atoms with Gasteiger partial charge in [0.05, 0.1) is 17.6 Å². The molecule has 20 heavy (non-hydrogen) atoms. The molecule has 102 valence electrons. The van der Waals surface area contributed by atoms with Crippen LogP contribution in [-0.2, 0) is 0 Å². The molecule has 0 bridgehead atoms. The summed E-state index contributed by atoms with van der Waals surface area (Å²) in [6.45, 7) is 2.08. The fourth-order valence-corrected chi connectivity index (χ4v) is 2.66. The van der Waals surface area contributed by atoms with Gasteiger partial charge in [-0.3, -0.25) is 0 Å². The van der Waals surface area contributed by atoms with Crippen LogP contribution >= 0.6 is 11.3 Å². The lowest BCUT2D eigenvalue weighted by Crippen LogP contribution is -2.12. The van der Waals surface area contributed by atoms with Gasteiger partial charge in [-0.2, -0.15) is 9.90 Å². The topological polar surface area (TPSA) is 55.6 Å². The van der Waals surface area contributed by atoms with Gasteiger partial charge in [-0.05, 0) is 26.1 Å². The first kappa shape index (κ1) is 13.0. The van der Waals surface area contributed by atoms with E-state index in [-0.39, 0.29) is 6.04 Å². The molecule has 1 atom stereocenters. The van der Waals surface area contributed by atoms with E-state index in [4.69, 9.17) is 0 Å². The average molecular weight is 285 g/mol. The van der Waals surface area contributed by atoms with Crippen molar-refractivity contribution in [1.29, 1.82) is 0 Å². The van der Waals surface area contributed by atoms with Crippen LogP contribution in [-0.4, -0.2) is 27.0 Å². The highest BCUT2D eigenvalue weighted by atomic mass is 32.1. The molecule has 6 heteroatoms. The summed E-state index contributed by atoms with van der Waals surface area (Å²) in [4.78, 5) is 6.22. The molecular weight excluding hydrogens is 270 g/mol. The summed E-state index contributed by atoms with van der Waals surface area (Å²) in [5, 5.41) is 14.9. The van der Waals surface area contributed by atoms with Gasteiger partial charge in [0, 0.05) is 11.4 Å². The largest absolute Gasteiger partial charge is 0.312 e. The van der Waals surface area contributed by atoms with Crippen molar-refractivity contribution in [2.75, 3.05) is 7.05 Å². The molecule has 0 aliphatic heterocycles. The summed E-state index contributed by atoms with van der Waals surface area (Å²) in [5.74, 6) is 0. The van der Waals surface area contributed by atoms with E-state index in [2.05, 4.69) is 32.8 Å². The third-order valence-corrected chi connectivity index (χ3v) is 3.98. The van der Waals surface area contributed by atoms with Crippen LogP contribution in [0.2, 0.25) is 0 Å². The molecule has 2 heterocycles. The quantitative estimate of drug-likeness (QED) is 0.800. The van der Waals surface area contributed by atoms with Crippen LogP contribution in [0.25, 0.3) is 16.4 Å². The predicted molar refractivity (Wildman–Crippen MR) is 79.9 cm³/mol. The second-order valence-electron chi connectivity index (χ2n) is 4.44. The Hall–Kier alpha value is -2.05. The van der Waals surface area contributed by atoms with E-state index >= 15 is 0 Å². The predicted octanol–water partition coefficient (Wildman–Crippen LogP) is 2.67. The van der Waals surface area contributed by atoms with Crippen molar-refractivity contribution >= 4 is 11.3 Å². The lowest BCUT2D eigenvalue weighted by atomic mass is 10.3. The maximum Gasteiger partial charge on any atom is 0.145 e. The zero-order chi connectivity index (χ0) is 13.9. The molecule has 0 saturated heterocycles. The van der Waals surface area contributed by atoms with Crippen LogP contribution < -0.4 is 5.32 Å². The van der Waals surface area contributed by atoms with Gasteiger partial charge in [0.25, 0.3) is 0 Å². The highest BCUT2D eigenvalue weighted by Crippen LogP contribution is 2.24. The van der Waals surface area contributed by atoms with E-state index in [9.17, 15) is 0 Å². The molecule has 0 radical (unpaired) electrons. The zero-order valence-corrected chi connectivity index (χ0v) is 12.1. The molecule has 2 aromatic heterocycles. The van der Waals surface area contributed by atoms with Gasteiger partial charge >= 0.3 is 0 Å². The van der Waals surface area contributed by atoms with E-state index in [0.29, 0.717) is 0 Å². The van der Waals surface area contributed by atoms with E-state index in [1.807, 2.05) is 37.4 Å². The van der Waals surface area contributed by atoms with Crippen molar-refractivity contribution in [2.45, 2.75) is 13.0 Å². The lowest BCUT2D eigenvalue weighted by molar-refractivity contribution is 0.637. The Morgan fingerprint density at radius 2 is 2.05 bits per heavy atom. The smallest absolute Gasteiger partial charge is 0.145 e.